The van der Waals surface area contributed by atoms with Crippen molar-refractivity contribution >= 4 is 0 Å². The van der Waals surface area contributed by atoms with Crippen molar-refractivity contribution in [2.24, 2.45) is 17.3 Å². The molecule has 0 aliphatic heterocycles. The predicted octanol–water partition coefficient (Wildman–Crippen LogP) is 4.56. The Bertz CT molecular complexity index is 249. The van der Waals surface area contributed by atoms with E-state index >= 15 is 0 Å². The highest BCUT2D eigenvalue weighted by atomic mass is 14.5. The zero-order valence-corrected chi connectivity index (χ0v) is 10.2. The van der Waals surface area contributed by atoms with Gasteiger partial charge in [0.1, 0.15) is 0 Å². The predicted molar refractivity (Wildman–Crippen MR) is 62.2 cm³/mol. The average molecular weight is 192 g/mol. The van der Waals surface area contributed by atoms with Crippen LogP contribution in [-0.4, -0.2) is 0 Å². The maximum Gasteiger partial charge on any atom is -0.00853 e. The van der Waals surface area contributed by atoms with Crippen molar-refractivity contribution in [2.75, 3.05) is 0 Å². The quantitative estimate of drug-likeness (QED) is 0.563. The molecule has 0 heteroatoms. The van der Waals surface area contributed by atoms with E-state index in [4.69, 9.17) is 0 Å². The van der Waals surface area contributed by atoms with E-state index in [9.17, 15) is 0 Å². The Hall–Kier alpha value is -0.260. The maximum absolute atomic E-state index is 2.41. The summed E-state index contributed by atoms with van der Waals surface area (Å²) in [4.78, 5) is 0. The molecule has 0 nitrogen and oxygen atoms in total. The average Bonchev–Trinajstić information content (AvgIpc) is 2.75. The third-order valence-corrected chi connectivity index (χ3v) is 4.99. The van der Waals surface area contributed by atoms with Gasteiger partial charge in [-0.2, -0.15) is 0 Å². The molecule has 0 saturated heterocycles. The lowest BCUT2D eigenvalue weighted by Gasteiger charge is -2.30. The van der Waals surface area contributed by atoms with Crippen LogP contribution in [0.2, 0.25) is 0 Å². The monoisotopic (exact) mass is 192 g/mol. The molecule has 2 fully saturated rings. The largest absolute Gasteiger partial charge is 0.0713 e. The molecule has 2 aliphatic rings. The molecule has 0 heterocycles. The molecule has 0 atom stereocenters. The molecular weight excluding hydrogens is 168 g/mol. The first-order chi connectivity index (χ1) is 6.55. The van der Waals surface area contributed by atoms with E-state index in [1.54, 1.807) is 11.1 Å². The van der Waals surface area contributed by atoms with Crippen molar-refractivity contribution in [1.29, 1.82) is 0 Å². The Balaban J connectivity index is 2.26. The summed E-state index contributed by atoms with van der Waals surface area (Å²) >= 11 is 0. The fraction of sp³-hybridized carbons (Fsp3) is 0.857. The molecule has 2 aliphatic carbocycles. The standard InChI is InChI=1S/C14H24/c1-10(2)11(3)12(4)14-7-5-13(9-14)6-8-14/h10,13H,5-9H2,1-4H3. The first-order valence-electron chi connectivity index (χ1n) is 6.23. The third kappa shape index (κ3) is 1.43. The summed E-state index contributed by atoms with van der Waals surface area (Å²) in [7, 11) is 0. The Kier molecular flexibility index (Phi) is 2.49. The van der Waals surface area contributed by atoms with Crippen LogP contribution in [0.25, 0.3) is 0 Å². The molecule has 0 unspecified atom stereocenters. The van der Waals surface area contributed by atoms with E-state index in [1.165, 1.54) is 32.1 Å². The van der Waals surface area contributed by atoms with E-state index in [0.717, 1.165) is 11.8 Å². The van der Waals surface area contributed by atoms with Crippen molar-refractivity contribution < 1.29 is 0 Å². The molecule has 0 N–H and O–H groups in total. The molecule has 0 aromatic heterocycles. The van der Waals surface area contributed by atoms with Gasteiger partial charge in [0, 0.05) is 0 Å². The van der Waals surface area contributed by atoms with Crippen molar-refractivity contribution in [3.05, 3.63) is 11.1 Å². The van der Waals surface area contributed by atoms with Crippen LogP contribution in [0, 0.1) is 17.3 Å². The van der Waals surface area contributed by atoms with Crippen LogP contribution in [0.15, 0.2) is 11.1 Å². The van der Waals surface area contributed by atoms with Crippen LogP contribution in [0.5, 0.6) is 0 Å². The number of hydrogen-bond donors (Lipinski definition) is 0. The van der Waals surface area contributed by atoms with E-state index in [0.29, 0.717) is 5.41 Å². The zero-order chi connectivity index (χ0) is 10.3. The number of rotatable bonds is 2. The van der Waals surface area contributed by atoms with E-state index in [-0.39, 0.29) is 0 Å². The second-order valence-electron chi connectivity index (χ2n) is 5.89. The summed E-state index contributed by atoms with van der Waals surface area (Å²) in [6.45, 7) is 9.41. The minimum absolute atomic E-state index is 0.652. The summed E-state index contributed by atoms with van der Waals surface area (Å²) < 4.78 is 0. The second kappa shape index (κ2) is 3.40. The molecule has 14 heavy (non-hydrogen) atoms. The van der Waals surface area contributed by atoms with Crippen LogP contribution in [0.3, 0.4) is 0 Å². The maximum atomic E-state index is 2.41. The molecule has 2 saturated carbocycles. The molecule has 80 valence electrons. The van der Waals surface area contributed by atoms with Gasteiger partial charge in [0.25, 0.3) is 0 Å². The van der Waals surface area contributed by atoms with Crippen molar-refractivity contribution in [3.8, 4) is 0 Å². The van der Waals surface area contributed by atoms with Crippen LogP contribution < -0.4 is 0 Å². The topological polar surface area (TPSA) is 0 Å². The van der Waals surface area contributed by atoms with E-state index < -0.39 is 0 Å². The lowest BCUT2D eigenvalue weighted by Crippen LogP contribution is -2.17. The smallest absolute Gasteiger partial charge is 0.00853 e. The second-order valence-corrected chi connectivity index (χ2v) is 5.89. The van der Waals surface area contributed by atoms with Gasteiger partial charge in [-0.3, -0.25) is 0 Å². The molecular formula is C14H24. The summed E-state index contributed by atoms with van der Waals surface area (Å²) in [5.41, 5.74) is 4.05. The molecule has 2 rings (SSSR count). The van der Waals surface area contributed by atoms with Gasteiger partial charge in [-0.05, 0) is 63.2 Å². The van der Waals surface area contributed by atoms with Gasteiger partial charge in [-0.25, -0.2) is 0 Å². The van der Waals surface area contributed by atoms with Gasteiger partial charge in [0.2, 0.25) is 0 Å². The van der Waals surface area contributed by atoms with Crippen molar-refractivity contribution in [1.82, 2.24) is 0 Å². The minimum atomic E-state index is 0.652. The summed E-state index contributed by atoms with van der Waals surface area (Å²) in [5.74, 6) is 1.81. The summed E-state index contributed by atoms with van der Waals surface area (Å²) in [6.07, 6.45) is 7.47. The molecule has 0 amide bonds. The molecule has 0 aromatic rings. The lowest BCUT2D eigenvalue weighted by molar-refractivity contribution is 0.353. The fourth-order valence-corrected chi connectivity index (χ4v) is 3.57. The van der Waals surface area contributed by atoms with Gasteiger partial charge < -0.3 is 0 Å². The Labute approximate surface area is 88.8 Å². The molecule has 2 bridgehead atoms. The Morgan fingerprint density at radius 2 is 1.71 bits per heavy atom. The summed E-state index contributed by atoms with van der Waals surface area (Å²) in [5, 5.41) is 0. The normalized spacial score (nSPS) is 37.9. The number of hydrogen-bond acceptors (Lipinski definition) is 0. The van der Waals surface area contributed by atoms with Crippen molar-refractivity contribution in [3.63, 3.8) is 0 Å². The van der Waals surface area contributed by atoms with Gasteiger partial charge >= 0.3 is 0 Å². The van der Waals surface area contributed by atoms with Crippen LogP contribution in [0.1, 0.15) is 59.8 Å². The SMILES string of the molecule is CC(=C(C)C12CCC(CC1)C2)C(C)C. The van der Waals surface area contributed by atoms with Gasteiger partial charge in [-0.1, -0.05) is 25.0 Å². The molecule has 0 spiro atoms. The third-order valence-electron chi connectivity index (χ3n) is 4.99. The van der Waals surface area contributed by atoms with Gasteiger partial charge in [-0.15, -0.1) is 0 Å². The summed E-state index contributed by atoms with van der Waals surface area (Å²) in [6, 6.07) is 0. The zero-order valence-electron chi connectivity index (χ0n) is 10.2. The number of allylic oxidation sites excluding steroid dienone is 2. The van der Waals surface area contributed by atoms with Crippen LogP contribution >= 0.6 is 0 Å². The molecule has 0 radical (unpaired) electrons. The van der Waals surface area contributed by atoms with E-state index in [1.807, 2.05) is 0 Å². The molecule has 0 aromatic carbocycles. The Morgan fingerprint density at radius 3 is 2.07 bits per heavy atom. The van der Waals surface area contributed by atoms with Crippen LogP contribution in [0.4, 0.5) is 0 Å². The highest BCUT2D eigenvalue weighted by Crippen LogP contribution is 2.58. The first-order valence-corrected chi connectivity index (χ1v) is 6.23. The first kappa shape index (κ1) is 10.3. The highest BCUT2D eigenvalue weighted by Gasteiger charge is 2.46. The van der Waals surface area contributed by atoms with Gasteiger partial charge in [0.15, 0.2) is 0 Å². The number of fused-ring (bicyclic) bond motifs is 2. The van der Waals surface area contributed by atoms with Crippen LogP contribution in [-0.2, 0) is 0 Å². The Morgan fingerprint density at radius 1 is 1.14 bits per heavy atom. The van der Waals surface area contributed by atoms with Crippen molar-refractivity contribution in [2.45, 2.75) is 59.8 Å². The highest BCUT2D eigenvalue weighted by molar-refractivity contribution is 5.24. The van der Waals surface area contributed by atoms with E-state index in [2.05, 4.69) is 27.7 Å². The minimum Gasteiger partial charge on any atom is -0.0713 e. The lowest BCUT2D eigenvalue weighted by atomic mass is 9.75. The van der Waals surface area contributed by atoms with Gasteiger partial charge in [0.05, 0.1) is 0 Å². The fourth-order valence-electron chi connectivity index (χ4n) is 3.57.